The first-order valence-corrected chi connectivity index (χ1v) is 11.5. The van der Waals surface area contributed by atoms with Crippen LogP contribution in [0.15, 0.2) is 66.7 Å². The van der Waals surface area contributed by atoms with Crippen molar-refractivity contribution in [2.45, 2.75) is 19.5 Å². The summed E-state index contributed by atoms with van der Waals surface area (Å²) in [5.41, 5.74) is 4.42. The first kappa shape index (κ1) is 24.7. The molecule has 36 heavy (non-hydrogen) atoms. The minimum Gasteiger partial charge on any atom is -0.495 e. The van der Waals surface area contributed by atoms with Gasteiger partial charge < -0.3 is 20.5 Å². The number of fused-ring (bicyclic) bond motifs is 1. The second-order valence-electron chi connectivity index (χ2n) is 8.29. The van der Waals surface area contributed by atoms with E-state index in [1.165, 1.54) is 14.0 Å². The quantitative estimate of drug-likeness (QED) is 0.288. The molecule has 0 saturated carbocycles. The smallest absolute Gasteiger partial charge is 0.255 e. The zero-order chi connectivity index (χ0) is 25.5. The van der Waals surface area contributed by atoms with E-state index in [0.29, 0.717) is 34.5 Å². The van der Waals surface area contributed by atoms with Gasteiger partial charge in [-0.1, -0.05) is 54.6 Å². The third-order valence-corrected chi connectivity index (χ3v) is 5.78. The molecule has 2 amide bonds. The molecule has 8 heteroatoms. The van der Waals surface area contributed by atoms with Gasteiger partial charge in [-0.25, -0.2) is 0 Å². The topological polar surface area (TPSA) is 116 Å². The van der Waals surface area contributed by atoms with Gasteiger partial charge in [-0.05, 0) is 41.0 Å². The molecule has 0 radical (unpaired) electrons. The van der Waals surface area contributed by atoms with Crippen LogP contribution in [0.25, 0.3) is 23.1 Å². The number of nitrogens with one attached hydrogen (secondary N) is 3. The Hall–Kier alpha value is -4.43. The van der Waals surface area contributed by atoms with E-state index >= 15 is 0 Å². The normalized spacial score (nSPS) is 12.0. The molecule has 0 saturated heterocycles. The molecule has 0 bridgehead atoms. The van der Waals surface area contributed by atoms with Gasteiger partial charge in [0.05, 0.1) is 41.9 Å². The number of aliphatic hydroxyl groups excluding tert-OH is 1. The third-order valence-electron chi connectivity index (χ3n) is 5.78. The van der Waals surface area contributed by atoms with Gasteiger partial charge in [0.2, 0.25) is 5.91 Å². The number of aliphatic hydroxyl groups is 1. The number of hydrogen-bond acceptors (Lipinski definition) is 5. The number of amides is 2. The molecule has 1 atom stereocenters. The summed E-state index contributed by atoms with van der Waals surface area (Å²) in [5.74, 6) is -0.0538. The highest BCUT2D eigenvalue weighted by Gasteiger charge is 2.21. The lowest BCUT2D eigenvalue weighted by Gasteiger charge is -2.18. The number of hydrogen-bond donors (Lipinski definition) is 4. The number of ether oxygens (including phenoxy) is 1. The maximum atomic E-state index is 13.2. The van der Waals surface area contributed by atoms with Crippen LogP contribution in [0.5, 0.6) is 5.75 Å². The number of rotatable bonds is 9. The van der Waals surface area contributed by atoms with Crippen LogP contribution in [0, 0.1) is 0 Å². The molecule has 3 aromatic carbocycles. The number of carbonyl (C=O) groups excluding carboxylic acids is 2. The SMILES string of the molecule is COc1c(C(=O)N[C@H](CO)c2ccccc2)ccc2n[nH]c(C=Cc3cccc(CNC(C)=O)c3)c12. The van der Waals surface area contributed by atoms with Crippen molar-refractivity contribution in [2.24, 2.45) is 0 Å². The molecular formula is C28H28N4O4. The molecule has 4 rings (SSSR count). The van der Waals surface area contributed by atoms with Crippen LogP contribution in [0.4, 0.5) is 0 Å². The van der Waals surface area contributed by atoms with Crippen molar-refractivity contribution in [3.8, 4) is 5.75 Å². The van der Waals surface area contributed by atoms with E-state index in [9.17, 15) is 14.7 Å². The Labute approximate surface area is 209 Å². The van der Waals surface area contributed by atoms with E-state index in [2.05, 4.69) is 20.8 Å². The van der Waals surface area contributed by atoms with Crippen LogP contribution < -0.4 is 15.4 Å². The Balaban J connectivity index is 1.62. The van der Waals surface area contributed by atoms with Gasteiger partial charge in [0.1, 0.15) is 5.75 Å². The average Bonchev–Trinajstić information content (AvgIpc) is 3.32. The molecule has 0 aliphatic rings. The maximum Gasteiger partial charge on any atom is 0.255 e. The standard InChI is InChI=1S/C28H28N4O4/c1-18(34)29-16-20-8-6-7-19(15-20)11-13-23-26-24(32-31-23)14-12-22(27(26)36-2)28(35)30-25(17-33)21-9-4-3-5-10-21/h3-15,25,33H,16-17H2,1-2H3,(H,29,34)(H,30,35)(H,31,32)/t25-/m1/s1. The van der Waals surface area contributed by atoms with E-state index in [0.717, 1.165) is 16.7 Å². The molecule has 0 unspecified atom stereocenters. The minimum absolute atomic E-state index is 0.0825. The summed E-state index contributed by atoms with van der Waals surface area (Å²) >= 11 is 0. The molecular weight excluding hydrogens is 456 g/mol. The minimum atomic E-state index is -0.549. The van der Waals surface area contributed by atoms with Gasteiger partial charge in [-0.3, -0.25) is 14.7 Å². The lowest BCUT2D eigenvalue weighted by molar-refractivity contribution is -0.119. The fourth-order valence-electron chi connectivity index (χ4n) is 3.98. The summed E-state index contributed by atoms with van der Waals surface area (Å²) in [4.78, 5) is 24.4. The van der Waals surface area contributed by atoms with Gasteiger partial charge in [-0.15, -0.1) is 0 Å². The fourth-order valence-corrected chi connectivity index (χ4v) is 3.98. The zero-order valence-electron chi connectivity index (χ0n) is 20.1. The third kappa shape index (κ3) is 5.61. The zero-order valence-corrected chi connectivity index (χ0v) is 20.1. The first-order valence-electron chi connectivity index (χ1n) is 11.5. The van der Waals surface area contributed by atoms with Gasteiger partial charge in [0.15, 0.2) is 0 Å². The number of methoxy groups -OCH3 is 1. The number of aromatic amines is 1. The van der Waals surface area contributed by atoms with Gasteiger partial charge in [-0.2, -0.15) is 5.10 Å². The Morgan fingerprint density at radius 1 is 1.08 bits per heavy atom. The van der Waals surface area contributed by atoms with E-state index in [1.54, 1.807) is 12.1 Å². The molecule has 0 spiro atoms. The predicted octanol–water partition coefficient (Wildman–Crippen LogP) is 3.84. The van der Waals surface area contributed by atoms with Crippen LogP contribution in [-0.4, -0.2) is 40.8 Å². The van der Waals surface area contributed by atoms with Crippen molar-refractivity contribution < 1.29 is 19.4 Å². The van der Waals surface area contributed by atoms with Crippen LogP contribution in [0.2, 0.25) is 0 Å². The molecule has 184 valence electrons. The maximum absolute atomic E-state index is 13.2. The lowest BCUT2D eigenvalue weighted by atomic mass is 10.0. The Kier molecular flexibility index (Phi) is 7.77. The van der Waals surface area contributed by atoms with E-state index in [-0.39, 0.29) is 18.4 Å². The summed E-state index contributed by atoms with van der Waals surface area (Å²) in [6, 6.07) is 20.0. The molecule has 0 fully saturated rings. The highest BCUT2D eigenvalue weighted by Crippen LogP contribution is 2.32. The van der Waals surface area contributed by atoms with E-state index in [1.807, 2.05) is 66.7 Å². The van der Waals surface area contributed by atoms with Crippen molar-refractivity contribution in [2.75, 3.05) is 13.7 Å². The second-order valence-corrected chi connectivity index (χ2v) is 8.29. The van der Waals surface area contributed by atoms with Crippen LogP contribution in [-0.2, 0) is 11.3 Å². The Bertz CT molecular complexity index is 1400. The molecule has 0 aliphatic carbocycles. The molecule has 1 aromatic heterocycles. The number of aromatic nitrogens is 2. The van der Waals surface area contributed by atoms with Gasteiger partial charge in [0, 0.05) is 13.5 Å². The van der Waals surface area contributed by atoms with Crippen molar-refractivity contribution in [1.82, 2.24) is 20.8 Å². The molecule has 0 aliphatic heterocycles. The van der Waals surface area contributed by atoms with Gasteiger partial charge in [0.25, 0.3) is 5.91 Å². The van der Waals surface area contributed by atoms with Gasteiger partial charge >= 0.3 is 0 Å². The summed E-state index contributed by atoms with van der Waals surface area (Å²) in [7, 11) is 1.51. The summed E-state index contributed by atoms with van der Waals surface area (Å²) in [5, 5.41) is 23.6. The van der Waals surface area contributed by atoms with E-state index < -0.39 is 6.04 Å². The Morgan fingerprint density at radius 3 is 2.61 bits per heavy atom. The summed E-state index contributed by atoms with van der Waals surface area (Å²) in [6.07, 6.45) is 3.80. The largest absolute Gasteiger partial charge is 0.495 e. The summed E-state index contributed by atoms with van der Waals surface area (Å²) in [6.45, 7) is 1.70. The summed E-state index contributed by atoms with van der Waals surface area (Å²) < 4.78 is 5.67. The van der Waals surface area contributed by atoms with Crippen LogP contribution in [0.3, 0.4) is 0 Å². The highest BCUT2D eigenvalue weighted by atomic mass is 16.5. The van der Waals surface area contributed by atoms with Crippen molar-refractivity contribution in [3.05, 3.63) is 94.7 Å². The average molecular weight is 485 g/mol. The first-order chi connectivity index (χ1) is 17.5. The number of H-pyrrole nitrogens is 1. The predicted molar refractivity (Wildman–Crippen MR) is 139 cm³/mol. The highest BCUT2D eigenvalue weighted by molar-refractivity contribution is 6.05. The molecule has 4 N–H and O–H groups in total. The van der Waals surface area contributed by atoms with Crippen molar-refractivity contribution in [3.63, 3.8) is 0 Å². The van der Waals surface area contributed by atoms with Crippen LogP contribution >= 0.6 is 0 Å². The number of benzene rings is 3. The fraction of sp³-hybridized carbons (Fsp3) is 0.179. The molecule has 4 aromatic rings. The Morgan fingerprint density at radius 2 is 1.89 bits per heavy atom. The molecule has 1 heterocycles. The molecule has 8 nitrogen and oxygen atoms in total. The lowest BCUT2D eigenvalue weighted by Crippen LogP contribution is -2.31. The van der Waals surface area contributed by atoms with Crippen LogP contribution in [0.1, 0.15) is 45.7 Å². The van der Waals surface area contributed by atoms with Crippen molar-refractivity contribution in [1.29, 1.82) is 0 Å². The second kappa shape index (κ2) is 11.3. The number of nitrogens with zero attached hydrogens (tertiary/aromatic N) is 1. The van der Waals surface area contributed by atoms with E-state index in [4.69, 9.17) is 4.74 Å². The monoisotopic (exact) mass is 484 g/mol. The number of carbonyl (C=O) groups is 2. The van der Waals surface area contributed by atoms with Crippen molar-refractivity contribution >= 4 is 34.9 Å².